The minimum atomic E-state index is -1.80. The van der Waals surface area contributed by atoms with Crippen LogP contribution in [0.5, 0.6) is 0 Å². The molecule has 13 heteroatoms. The Kier molecular flexibility index (Phi) is 9.26. The highest BCUT2D eigenvalue weighted by Gasteiger charge is 2.69. The maximum atomic E-state index is 12.7. The molecule has 5 fully saturated rings. The van der Waals surface area contributed by atoms with Crippen LogP contribution in [-0.2, 0) is 33.6 Å². The molecule has 5 rings (SSSR count). The molecule has 1 saturated carbocycles. The third-order valence-corrected chi connectivity index (χ3v) is 9.10. The van der Waals surface area contributed by atoms with Gasteiger partial charge in [-0.05, 0) is 38.0 Å². The van der Waals surface area contributed by atoms with Gasteiger partial charge in [-0.3, -0.25) is 9.59 Å². The monoisotopic (exact) mass is 561 g/mol. The van der Waals surface area contributed by atoms with Crippen LogP contribution in [0.15, 0.2) is 0 Å². The van der Waals surface area contributed by atoms with Crippen LogP contribution >= 0.6 is 0 Å². The molecule has 1 amide bonds. The van der Waals surface area contributed by atoms with Gasteiger partial charge in [-0.1, -0.05) is 13.8 Å². The molecule has 2 bridgehead atoms. The number of hydrogen-bond donors (Lipinski definition) is 5. The number of rotatable bonds is 10. The third-order valence-electron chi connectivity index (χ3n) is 9.10. The van der Waals surface area contributed by atoms with Crippen molar-refractivity contribution in [3.8, 4) is 0 Å². The van der Waals surface area contributed by atoms with Crippen LogP contribution in [0.4, 0.5) is 0 Å². The Hall–Kier alpha value is -1.42. The number of carbonyl (C=O) groups is 2. The molecule has 39 heavy (non-hydrogen) atoms. The zero-order valence-corrected chi connectivity index (χ0v) is 23.0. The summed E-state index contributed by atoms with van der Waals surface area (Å²) in [5, 5.41) is 48.1. The average Bonchev–Trinajstić information content (AvgIpc) is 3.14. The van der Waals surface area contributed by atoms with Gasteiger partial charge in [-0.2, -0.15) is 0 Å². The highest BCUT2D eigenvalue weighted by molar-refractivity contribution is 5.81. The van der Waals surface area contributed by atoms with Crippen LogP contribution in [0.2, 0.25) is 0 Å². The fraction of sp³-hybridized carbons (Fsp3) is 0.923. The molecule has 1 spiro atoms. The summed E-state index contributed by atoms with van der Waals surface area (Å²) in [4.78, 5) is 38.2. The summed E-state index contributed by atoms with van der Waals surface area (Å²) in [5.41, 5.74) is -0.777. The van der Waals surface area contributed by atoms with Crippen molar-refractivity contribution in [2.45, 2.75) is 108 Å². The van der Waals surface area contributed by atoms with Crippen molar-refractivity contribution in [3.05, 3.63) is 0 Å². The number of amides is 1. The predicted molar refractivity (Wildman–Crippen MR) is 131 cm³/mol. The fourth-order valence-electron chi connectivity index (χ4n) is 6.65. The number of carbonyl (C=O) groups excluding carboxylic acids is 2. The normalized spacial score (nSPS) is 40.5. The molecule has 4 saturated heterocycles. The van der Waals surface area contributed by atoms with Gasteiger partial charge in [0.2, 0.25) is 18.0 Å². The molecular formula is C26H43NO12. The molecule has 224 valence electrons. The molecule has 5 N–H and O–H groups in total. The summed E-state index contributed by atoms with van der Waals surface area (Å²) < 4.78 is 18.2. The van der Waals surface area contributed by atoms with Gasteiger partial charge in [0.1, 0.15) is 24.4 Å². The molecule has 0 radical (unpaired) electrons. The van der Waals surface area contributed by atoms with E-state index in [1.165, 1.54) is 7.05 Å². The van der Waals surface area contributed by atoms with Gasteiger partial charge in [0.25, 0.3) is 0 Å². The Labute approximate surface area is 227 Å². The van der Waals surface area contributed by atoms with Crippen LogP contribution in [0, 0.1) is 23.7 Å². The number of fused-ring (bicyclic) bond motifs is 2. The van der Waals surface area contributed by atoms with E-state index in [0.29, 0.717) is 12.3 Å². The maximum absolute atomic E-state index is 12.7. The molecule has 0 unspecified atom stereocenters. The number of esters is 1. The largest absolute Gasteiger partial charge is 0.435 e. The topological polar surface area (TPSA) is 185 Å². The van der Waals surface area contributed by atoms with Crippen LogP contribution in [0.1, 0.15) is 59.3 Å². The molecule has 0 aromatic heterocycles. The lowest BCUT2D eigenvalue weighted by Gasteiger charge is -2.59. The molecule has 12 atom stereocenters. The SMILES string of the molecule is C[C@H]1[C@H](OC(=O)CCC(=O)N(C)C[C@H](O)[C@H](O)[C@H](O)[C@H](O)CO)O[C@@H]2O[C@]3(C)CC[C@H]4[C@H](C)CC[C@H]1[C@@]24OO3. The number of hydrogen-bond acceptors (Lipinski definition) is 12. The van der Waals surface area contributed by atoms with Gasteiger partial charge < -0.3 is 44.6 Å². The molecule has 13 nitrogen and oxygen atoms in total. The summed E-state index contributed by atoms with van der Waals surface area (Å²) in [5.74, 6) is -1.72. The van der Waals surface area contributed by atoms with E-state index in [0.717, 1.165) is 24.2 Å². The summed E-state index contributed by atoms with van der Waals surface area (Å²) in [6, 6.07) is 0. The minimum absolute atomic E-state index is 0.0155. The number of aliphatic hydroxyl groups excluding tert-OH is 5. The Morgan fingerprint density at radius 2 is 1.69 bits per heavy atom. The minimum Gasteiger partial charge on any atom is -0.435 e. The Balaban J connectivity index is 1.32. The van der Waals surface area contributed by atoms with Crippen molar-refractivity contribution in [2.75, 3.05) is 20.2 Å². The van der Waals surface area contributed by atoms with E-state index in [2.05, 4.69) is 6.92 Å². The van der Waals surface area contributed by atoms with E-state index in [-0.39, 0.29) is 37.1 Å². The second-order valence-corrected chi connectivity index (χ2v) is 11.8. The molecule has 4 aliphatic heterocycles. The van der Waals surface area contributed by atoms with Gasteiger partial charge in [0.15, 0.2) is 11.9 Å². The maximum Gasteiger partial charge on any atom is 0.308 e. The first-order valence-corrected chi connectivity index (χ1v) is 13.8. The first kappa shape index (κ1) is 30.5. The van der Waals surface area contributed by atoms with E-state index < -0.39 is 66.9 Å². The summed E-state index contributed by atoms with van der Waals surface area (Å²) in [6.07, 6.45) is -5.52. The smallest absolute Gasteiger partial charge is 0.308 e. The lowest BCUT2D eigenvalue weighted by Crippen LogP contribution is -2.70. The Morgan fingerprint density at radius 1 is 1.00 bits per heavy atom. The van der Waals surface area contributed by atoms with Crippen molar-refractivity contribution in [1.29, 1.82) is 0 Å². The molecule has 1 aliphatic carbocycles. The molecule has 4 heterocycles. The van der Waals surface area contributed by atoms with Gasteiger partial charge in [0, 0.05) is 38.3 Å². The van der Waals surface area contributed by atoms with E-state index in [1.807, 2.05) is 13.8 Å². The van der Waals surface area contributed by atoms with Gasteiger partial charge >= 0.3 is 5.97 Å². The first-order valence-electron chi connectivity index (χ1n) is 13.8. The first-order chi connectivity index (χ1) is 18.3. The quantitative estimate of drug-likeness (QED) is 0.169. The zero-order chi connectivity index (χ0) is 28.7. The second-order valence-electron chi connectivity index (χ2n) is 11.8. The lowest BCUT2D eigenvalue weighted by atomic mass is 9.58. The summed E-state index contributed by atoms with van der Waals surface area (Å²) in [7, 11) is 1.37. The lowest BCUT2D eigenvalue weighted by molar-refractivity contribution is -0.576. The van der Waals surface area contributed by atoms with Crippen molar-refractivity contribution in [3.63, 3.8) is 0 Å². The Morgan fingerprint density at radius 3 is 2.38 bits per heavy atom. The van der Waals surface area contributed by atoms with Crippen molar-refractivity contribution < 1.29 is 59.1 Å². The zero-order valence-electron chi connectivity index (χ0n) is 23.0. The van der Waals surface area contributed by atoms with Crippen molar-refractivity contribution in [2.24, 2.45) is 23.7 Å². The van der Waals surface area contributed by atoms with E-state index in [9.17, 15) is 30.0 Å². The predicted octanol–water partition coefficient (Wildman–Crippen LogP) is -0.588. The van der Waals surface area contributed by atoms with Gasteiger partial charge in [0.05, 0.1) is 13.0 Å². The highest BCUT2D eigenvalue weighted by Crippen LogP contribution is 2.60. The summed E-state index contributed by atoms with van der Waals surface area (Å²) in [6.45, 7) is 4.81. The molecule has 0 aromatic carbocycles. The molecule has 5 aliphatic rings. The van der Waals surface area contributed by atoms with E-state index in [1.54, 1.807) is 0 Å². The standard InChI is InChI=1S/C26H43NO12/c1-13-5-6-16-14(2)23(36-24-26(16)15(13)9-10-25(3,37-24)38-39-26)35-20(32)8-7-19(31)27(4)11-17(29)21(33)22(34)18(30)12-28/h13-18,21-24,28-30,33-34H,5-12H2,1-4H3/t13-,14-,15+,16-,17+,18-,21+,22-,23-,24-,25+,26-/m1/s1. The Bertz CT molecular complexity index is 891. The van der Waals surface area contributed by atoms with Crippen molar-refractivity contribution >= 4 is 11.9 Å². The molecule has 0 aromatic rings. The van der Waals surface area contributed by atoms with Crippen LogP contribution < -0.4 is 0 Å². The van der Waals surface area contributed by atoms with Crippen LogP contribution in [0.3, 0.4) is 0 Å². The number of aliphatic hydroxyl groups is 5. The average molecular weight is 562 g/mol. The highest BCUT2D eigenvalue weighted by atomic mass is 17.3. The second kappa shape index (κ2) is 11.8. The fourth-order valence-corrected chi connectivity index (χ4v) is 6.65. The van der Waals surface area contributed by atoms with Crippen molar-refractivity contribution in [1.82, 2.24) is 4.90 Å². The molecular weight excluding hydrogens is 518 g/mol. The third kappa shape index (κ3) is 5.84. The van der Waals surface area contributed by atoms with E-state index in [4.69, 9.17) is 29.1 Å². The van der Waals surface area contributed by atoms with Gasteiger partial charge in [-0.15, -0.1) is 0 Å². The number of ether oxygens (including phenoxy) is 3. The van der Waals surface area contributed by atoms with E-state index >= 15 is 0 Å². The van der Waals surface area contributed by atoms with Gasteiger partial charge in [-0.25, -0.2) is 9.78 Å². The summed E-state index contributed by atoms with van der Waals surface area (Å²) >= 11 is 0. The number of nitrogens with zero attached hydrogens (tertiary/aromatic N) is 1. The van der Waals surface area contributed by atoms with Crippen LogP contribution in [0.25, 0.3) is 0 Å². The van der Waals surface area contributed by atoms with Crippen LogP contribution in [-0.4, -0.2) is 111 Å². The number of likely N-dealkylation sites (N-methyl/N-ethyl adjacent to an activating group) is 1.